The number of amides is 1. The first kappa shape index (κ1) is 15.3. The van der Waals surface area contributed by atoms with Gasteiger partial charge in [0.15, 0.2) is 5.01 Å². The molecule has 0 spiro atoms. The van der Waals surface area contributed by atoms with Gasteiger partial charge in [-0.3, -0.25) is 4.79 Å². The number of carbonyl (C=O) groups is 1. The number of thiazole rings is 1. The molecule has 0 atom stereocenters. The van der Waals surface area contributed by atoms with E-state index in [-0.39, 0.29) is 5.91 Å². The largest absolute Gasteiger partial charge is 0.328 e. The van der Waals surface area contributed by atoms with Crippen molar-refractivity contribution in [3.05, 3.63) is 65.6 Å². The van der Waals surface area contributed by atoms with Crippen molar-refractivity contribution in [2.24, 2.45) is 0 Å². The van der Waals surface area contributed by atoms with Crippen LogP contribution in [0.2, 0.25) is 0 Å². The van der Waals surface area contributed by atoms with Gasteiger partial charge >= 0.3 is 0 Å². The zero-order valence-electron chi connectivity index (χ0n) is 14.0. The van der Waals surface area contributed by atoms with Crippen LogP contribution in [0.15, 0.2) is 54.7 Å². The van der Waals surface area contributed by atoms with Crippen LogP contribution in [0, 0.1) is 0 Å². The maximum absolute atomic E-state index is 12.5. The summed E-state index contributed by atoms with van der Waals surface area (Å²) >= 11 is 1.40. The standard InChI is InChI=1S/C20H16N4OS/c25-19(20-23-15-4-1-2-5-17(15)26-20)22-14-9-7-13(8-10-14)16-12-21-18-6-3-11-24(16)18/h1-2,4-5,7-10,12H,3,6,11H2,(H,22,25). The van der Waals surface area contributed by atoms with Crippen LogP contribution in [0.3, 0.4) is 0 Å². The van der Waals surface area contributed by atoms with Gasteiger partial charge in [0.25, 0.3) is 5.91 Å². The van der Waals surface area contributed by atoms with Crippen LogP contribution in [-0.2, 0) is 13.0 Å². The highest BCUT2D eigenvalue weighted by Gasteiger charge is 2.17. The van der Waals surface area contributed by atoms with Crippen molar-refractivity contribution < 1.29 is 4.79 Å². The van der Waals surface area contributed by atoms with Gasteiger partial charge in [0.05, 0.1) is 22.1 Å². The Balaban J connectivity index is 1.36. The molecule has 26 heavy (non-hydrogen) atoms. The van der Waals surface area contributed by atoms with E-state index in [1.807, 2.05) is 54.7 Å². The van der Waals surface area contributed by atoms with E-state index in [0.717, 1.165) is 52.4 Å². The molecule has 2 aromatic heterocycles. The third-order valence-corrected chi connectivity index (χ3v) is 5.68. The van der Waals surface area contributed by atoms with Crippen molar-refractivity contribution in [1.29, 1.82) is 0 Å². The molecule has 2 aromatic carbocycles. The minimum atomic E-state index is -0.177. The Hall–Kier alpha value is -2.99. The Kier molecular flexibility index (Phi) is 3.57. The maximum Gasteiger partial charge on any atom is 0.284 e. The number of hydrogen-bond acceptors (Lipinski definition) is 4. The lowest BCUT2D eigenvalue weighted by Crippen LogP contribution is -2.11. The number of carbonyl (C=O) groups excluding carboxylic acids is 1. The lowest BCUT2D eigenvalue weighted by atomic mass is 10.1. The van der Waals surface area contributed by atoms with Crippen LogP contribution in [0.4, 0.5) is 5.69 Å². The molecule has 0 unspecified atom stereocenters. The third kappa shape index (κ3) is 2.59. The lowest BCUT2D eigenvalue weighted by Gasteiger charge is -2.07. The van der Waals surface area contributed by atoms with E-state index in [0.29, 0.717) is 5.01 Å². The summed E-state index contributed by atoms with van der Waals surface area (Å²) in [4.78, 5) is 21.4. The number of nitrogens with zero attached hydrogens (tertiary/aromatic N) is 3. The van der Waals surface area contributed by atoms with Gasteiger partial charge in [0.1, 0.15) is 5.82 Å². The van der Waals surface area contributed by atoms with Crippen LogP contribution in [-0.4, -0.2) is 20.4 Å². The molecule has 3 heterocycles. The average Bonchev–Trinajstić information content (AvgIpc) is 3.37. The molecule has 128 valence electrons. The summed E-state index contributed by atoms with van der Waals surface area (Å²) in [6, 6.07) is 15.7. The number of fused-ring (bicyclic) bond motifs is 2. The first-order chi connectivity index (χ1) is 12.8. The van der Waals surface area contributed by atoms with Gasteiger partial charge in [-0.05, 0) is 36.2 Å². The monoisotopic (exact) mass is 360 g/mol. The summed E-state index contributed by atoms with van der Waals surface area (Å²) in [5.41, 5.74) is 3.87. The zero-order valence-corrected chi connectivity index (χ0v) is 14.8. The second kappa shape index (κ2) is 6.07. The highest BCUT2D eigenvalue weighted by atomic mass is 32.1. The summed E-state index contributed by atoms with van der Waals surface area (Å²) in [6.45, 7) is 1.03. The van der Waals surface area contributed by atoms with Crippen molar-refractivity contribution in [1.82, 2.24) is 14.5 Å². The molecule has 0 aliphatic carbocycles. The minimum Gasteiger partial charge on any atom is -0.328 e. The highest BCUT2D eigenvalue weighted by Crippen LogP contribution is 2.27. The van der Waals surface area contributed by atoms with E-state index in [4.69, 9.17) is 0 Å². The van der Waals surface area contributed by atoms with Crippen molar-refractivity contribution in [3.8, 4) is 11.3 Å². The number of hydrogen-bond donors (Lipinski definition) is 1. The molecule has 5 rings (SSSR count). The molecule has 0 saturated carbocycles. The van der Waals surface area contributed by atoms with Crippen LogP contribution in [0.5, 0.6) is 0 Å². The molecular formula is C20H16N4OS. The predicted octanol–water partition coefficient (Wildman–Crippen LogP) is 4.36. The number of benzene rings is 2. The number of aryl methyl sites for hydroxylation is 1. The van der Waals surface area contributed by atoms with Gasteiger partial charge in [-0.15, -0.1) is 11.3 Å². The normalized spacial score (nSPS) is 13.1. The first-order valence-corrected chi connectivity index (χ1v) is 9.41. The van der Waals surface area contributed by atoms with E-state index in [1.165, 1.54) is 11.3 Å². The van der Waals surface area contributed by atoms with Crippen molar-refractivity contribution in [3.63, 3.8) is 0 Å². The summed E-state index contributed by atoms with van der Waals surface area (Å²) in [5, 5.41) is 3.41. The first-order valence-electron chi connectivity index (χ1n) is 8.60. The summed E-state index contributed by atoms with van der Waals surface area (Å²) in [6.07, 6.45) is 4.14. The van der Waals surface area contributed by atoms with Crippen molar-refractivity contribution >= 4 is 33.1 Å². The maximum atomic E-state index is 12.5. The quantitative estimate of drug-likeness (QED) is 0.590. The number of rotatable bonds is 3. The predicted molar refractivity (Wildman–Crippen MR) is 104 cm³/mol. The molecule has 5 nitrogen and oxygen atoms in total. The van der Waals surface area contributed by atoms with Crippen LogP contribution < -0.4 is 5.32 Å². The molecule has 0 saturated heterocycles. The number of imidazole rings is 1. The molecule has 4 aromatic rings. The number of nitrogens with one attached hydrogen (secondary N) is 1. The number of anilines is 1. The van der Waals surface area contributed by atoms with Gasteiger partial charge < -0.3 is 9.88 Å². The van der Waals surface area contributed by atoms with Crippen LogP contribution >= 0.6 is 11.3 Å². The second-order valence-corrected chi connectivity index (χ2v) is 7.36. The molecular weight excluding hydrogens is 344 g/mol. The van der Waals surface area contributed by atoms with Gasteiger partial charge in [0.2, 0.25) is 0 Å². The van der Waals surface area contributed by atoms with Crippen molar-refractivity contribution in [2.75, 3.05) is 5.32 Å². The van der Waals surface area contributed by atoms with Gasteiger partial charge in [-0.2, -0.15) is 0 Å². The van der Waals surface area contributed by atoms with Gasteiger partial charge in [-0.1, -0.05) is 24.3 Å². The lowest BCUT2D eigenvalue weighted by molar-refractivity contribution is 0.102. The Morgan fingerprint density at radius 3 is 2.81 bits per heavy atom. The Bertz CT molecular complexity index is 1080. The Morgan fingerprint density at radius 1 is 1.12 bits per heavy atom. The SMILES string of the molecule is O=C(Nc1ccc(-c2cnc3n2CCC3)cc1)c1nc2ccccc2s1. The van der Waals surface area contributed by atoms with Gasteiger partial charge in [0, 0.05) is 18.7 Å². The van der Waals surface area contributed by atoms with E-state index < -0.39 is 0 Å². The van der Waals surface area contributed by atoms with Crippen molar-refractivity contribution in [2.45, 2.75) is 19.4 Å². The molecule has 1 amide bonds. The fourth-order valence-corrected chi connectivity index (χ4v) is 4.23. The third-order valence-electron chi connectivity index (χ3n) is 4.65. The fraction of sp³-hybridized carbons (Fsp3) is 0.150. The summed E-state index contributed by atoms with van der Waals surface area (Å²) in [5.74, 6) is 0.984. The summed E-state index contributed by atoms with van der Waals surface area (Å²) < 4.78 is 3.29. The highest BCUT2D eigenvalue weighted by molar-refractivity contribution is 7.20. The number of aromatic nitrogens is 3. The minimum absolute atomic E-state index is 0.177. The Morgan fingerprint density at radius 2 is 1.96 bits per heavy atom. The second-order valence-electron chi connectivity index (χ2n) is 6.33. The zero-order chi connectivity index (χ0) is 17.5. The van der Waals surface area contributed by atoms with E-state index in [1.54, 1.807) is 0 Å². The average molecular weight is 360 g/mol. The smallest absolute Gasteiger partial charge is 0.284 e. The number of para-hydroxylation sites is 1. The fourth-order valence-electron chi connectivity index (χ4n) is 3.37. The van der Waals surface area contributed by atoms with E-state index >= 15 is 0 Å². The van der Waals surface area contributed by atoms with E-state index in [2.05, 4.69) is 19.9 Å². The van der Waals surface area contributed by atoms with E-state index in [9.17, 15) is 4.79 Å². The molecule has 6 heteroatoms. The summed E-state index contributed by atoms with van der Waals surface area (Å²) in [7, 11) is 0. The molecule has 1 N–H and O–H groups in total. The van der Waals surface area contributed by atoms with Gasteiger partial charge in [-0.25, -0.2) is 9.97 Å². The Labute approximate surface area is 154 Å². The molecule has 1 aliphatic heterocycles. The van der Waals surface area contributed by atoms with Crippen LogP contribution in [0.25, 0.3) is 21.5 Å². The molecule has 0 bridgehead atoms. The molecule has 0 fully saturated rings. The molecule has 1 aliphatic rings. The van der Waals surface area contributed by atoms with Crippen LogP contribution in [0.1, 0.15) is 22.0 Å². The topological polar surface area (TPSA) is 59.8 Å². The molecule has 0 radical (unpaired) electrons.